The molecule has 4 aromatic rings. The highest BCUT2D eigenvalue weighted by atomic mass is 35.5. The van der Waals surface area contributed by atoms with E-state index in [1.54, 1.807) is 36.0 Å². The third kappa shape index (κ3) is 3.24. The summed E-state index contributed by atoms with van der Waals surface area (Å²) in [6.07, 6.45) is 7.71. The predicted molar refractivity (Wildman–Crippen MR) is 122 cm³/mol. The van der Waals surface area contributed by atoms with Crippen LogP contribution in [0.1, 0.15) is 12.8 Å². The Balaban J connectivity index is 0.00000193. The topological polar surface area (TPSA) is 103 Å². The molecule has 11 heteroatoms. The quantitative estimate of drug-likeness (QED) is 0.429. The van der Waals surface area contributed by atoms with Crippen LogP contribution in [0.3, 0.4) is 0 Å². The largest absolute Gasteiger partial charge is 0.506 e. The standard InChI is InChI=1S/C19H19N7OS2.ClH/c27-13-5-11(12-7-22-23-8-12)6-21-14(13)15-24-16-17(28-15)25-18(29-16)26-9-19(10-26)1-3-20-4-2-19;/h5-8,20,27H,1-4,9-10H2,(H,22,23);1H. The van der Waals surface area contributed by atoms with Crippen molar-refractivity contribution < 1.29 is 5.11 Å². The fraction of sp³-hybridized carbons (Fsp3) is 0.368. The number of pyridine rings is 1. The number of thiazole rings is 2. The first-order valence-corrected chi connectivity index (χ1v) is 11.2. The second-order valence-corrected chi connectivity index (χ2v) is 9.74. The molecule has 1 spiro atoms. The van der Waals surface area contributed by atoms with Crippen molar-refractivity contribution in [2.75, 3.05) is 31.1 Å². The normalized spacial score (nSPS) is 17.8. The van der Waals surface area contributed by atoms with Crippen LogP contribution in [0.25, 0.3) is 31.5 Å². The van der Waals surface area contributed by atoms with Gasteiger partial charge in [0.25, 0.3) is 0 Å². The summed E-state index contributed by atoms with van der Waals surface area (Å²) in [4.78, 5) is 18.1. The minimum absolute atomic E-state index is 0. The molecule has 8 nitrogen and oxygen atoms in total. The van der Waals surface area contributed by atoms with Gasteiger partial charge < -0.3 is 15.3 Å². The fourth-order valence-electron chi connectivity index (χ4n) is 4.22. The third-order valence-electron chi connectivity index (χ3n) is 5.85. The highest BCUT2D eigenvalue weighted by molar-refractivity contribution is 7.29. The first kappa shape index (κ1) is 19.7. The average Bonchev–Trinajstić information content (AvgIpc) is 3.43. The molecule has 2 aliphatic heterocycles. The molecule has 3 N–H and O–H groups in total. The van der Waals surface area contributed by atoms with Gasteiger partial charge in [0.15, 0.2) is 14.8 Å². The van der Waals surface area contributed by atoms with Crippen molar-refractivity contribution in [3.8, 4) is 27.6 Å². The molecule has 6 rings (SSSR count). The van der Waals surface area contributed by atoms with Crippen molar-refractivity contribution >= 4 is 49.9 Å². The zero-order valence-electron chi connectivity index (χ0n) is 16.0. The molecule has 2 aliphatic rings. The Morgan fingerprint density at radius 2 is 1.83 bits per heavy atom. The minimum Gasteiger partial charge on any atom is -0.506 e. The molecule has 0 amide bonds. The molecule has 156 valence electrons. The van der Waals surface area contributed by atoms with E-state index in [1.165, 1.54) is 24.2 Å². The summed E-state index contributed by atoms with van der Waals surface area (Å²) in [6, 6.07) is 1.69. The van der Waals surface area contributed by atoms with E-state index in [0.29, 0.717) is 16.1 Å². The van der Waals surface area contributed by atoms with Crippen molar-refractivity contribution in [3.63, 3.8) is 0 Å². The van der Waals surface area contributed by atoms with Crippen LogP contribution in [0.2, 0.25) is 0 Å². The smallest absolute Gasteiger partial charge is 0.188 e. The highest BCUT2D eigenvalue weighted by Crippen LogP contribution is 2.45. The second kappa shape index (κ2) is 7.45. The lowest BCUT2D eigenvalue weighted by molar-refractivity contribution is 0.150. The van der Waals surface area contributed by atoms with Crippen molar-refractivity contribution in [2.24, 2.45) is 5.41 Å². The van der Waals surface area contributed by atoms with Gasteiger partial charge in [0.2, 0.25) is 0 Å². The molecule has 0 unspecified atom stereocenters. The number of fused-ring (bicyclic) bond motifs is 1. The Labute approximate surface area is 186 Å². The highest BCUT2D eigenvalue weighted by Gasteiger charge is 2.44. The Morgan fingerprint density at radius 1 is 1.03 bits per heavy atom. The maximum absolute atomic E-state index is 10.5. The van der Waals surface area contributed by atoms with Crippen LogP contribution in [0, 0.1) is 5.41 Å². The maximum Gasteiger partial charge on any atom is 0.188 e. The zero-order valence-corrected chi connectivity index (χ0v) is 18.4. The van der Waals surface area contributed by atoms with Crippen LogP contribution in [-0.2, 0) is 0 Å². The maximum atomic E-state index is 10.5. The average molecular weight is 462 g/mol. The number of nitrogens with zero attached hydrogens (tertiary/aromatic N) is 5. The molecule has 4 aromatic heterocycles. The SMILES string of the molecule is Cl.Oc1cc(-c2cn[nH]c2)cnc1-c1nc2sc(N3CC4(CCNCC4)C3)nc2s1. The summed E-state index contributed by atoms with van der Waals surface area (Å²) < 4.78 is 0. The lowest BCUT2D eigenvalue weighted by Gasteiger charge is -2.52. The predicted octanol–water partition coefficient (Wildman–Crippen LogP) is 3.52. The van der Waals surface area contributed by atoms with E-state index in [1.807, 2.05) is 0 Å². The zero-order chi connectivity index (χ0) is 19.4. The van der Waals surface area contributed by atoms with Gasteiger partial charge in [-0.3, -0.25) is 5.10 Å². The van der Waals surface area contributed by atoms with Crippen LogP contribution in [0.4, 0.5) is 5.13 Å². The van der Waals surface area contributed by atoms with Gasteiger partial charge in [0, 0.05) is 42.0 Å². The first-order chi connectivity index (χ1) is 14.2. The van der Waals surface area contributed by atoms with Gasteiger partial charge in [-0.2, -0.15) is 5.10 Å². The first-order valence-electron chi connectivity index (χ1n) is 9.61. The lowest BCUT2D eigenvalue weighted by Crippen LogP contribution is -2.60. The molecule has 0 bridgehead atoms. The van der Waals surface area contributed by atoms with E-state index in [-0.39, 0.29) is 18.2 Å². The minimum atomic E-state index is 0. The van der Waals surface area contributed by atoms with Crippen LogP contribution in [0.15, 0.2) is 24.7 Å². The summed E-state index contributed by atoms with van der Waals surface area (Å²) in [6.45, 7) is 4.45. The van der Waals surface area contributed by atoms with Gasteiger partial charge in [0.05, 0.1) is 6.20 Å². The summed E-state index contributed by atoms with van der Waals surface area (Å²) in [5, 5.41) is 22.4. The van der Waals surface area contributed by atoms with E-state index < -0.39 is 0 Å². The van der Waals surface area contributed by atoms with Gasteiger partial charge in [-0.25, -0.2) is 15.0 Å². The summed E-state index contributed by atoms with van der Waals surface area (Å²) in [5.74, 6) is 0.112. The van der Waals surface area contributed by atoms with Gasteiger partial charge in [-0.05, 0) is 32.0 Å². The number of hydrogen-bond donors (Lipinski definition) is 3. The second-order valence-electron chi connectivity index (χ2n) is 7.81. The van der Waals surface area contributed by atoms with E-state index in [4.69, 9.17) is 9.97 Å². The molecule has 30 heavy (non-hydrogen) atoms. The monoisotopic (exact) mass is 461 g/mol. The van der Waals surface area contributed by atoms with Crippen molar-refractivity contribution in [3.05, 3.63) is 24.7 Å². The van der Waals surface area contributed by atoms with Crippen molar-refractivity contribution in [1.29, 1.82) is 0 Å². The Bertz CT molecular complexity index is 1140. The number of nitrogens with one attached hydrogen (secondary N) is 2. The molecule has 0 saturated carbocycles. The molecule has 6 heterocycles. The molecule has 0 radical (unpaired) electrons. The summed E-state index contributed by atoms with van der Waals surface area (Å²) in [7, 11) is 0. The van der Waals surface area contributed by atoms with Gasteiger partial charge >= 0.3 is 0 Å². The summed E-state index contributed by atoms with van der Waals surface area (Å²) in [5.41, 5.74) is 2.66. The van der Waals surface area contributed by atoms with E-state index in [2.05, 4.69) is 25.4 Å². The number of anilines is 1. The molecular weight excluding hydrogens is 442 g/mol. The van der Waals surface area contributed by atoms with Crippen molar-refractivity contribution in [1.82, 2.24) is 30.5 Å². The van der Waals surface area contributed by atoms with Crippen LogP contribution in [0.5, 0.6) is 5.75 Å². The number of rotatable bonds is 3. The molecule has 0 aliphatic carbocycles. The number of piperidine rings is 1. The Kier molecular flexibility index (Phi) is 4.89. The van der Waals surface area contributed by atoms with Crippen LogP contribution >= 0.6 is 35.1 Å². The molecule has 0 aromatic carbocycles. The fourth-order valence-corrected chi connectivity index (χ4v) is 6.27. The van der Waals surface area contributed by atoms with Gasteiger partial charge in [0.1, 0.15) is 16.5 Å². The number of halogens is 1. The van der Waals surface area contributed by atoms with Gasteiger partial charge in [-0.1, -0.05) is 22.7 Å². The number of aromatic hydroxyl groups is 1. The molecular formula is C19H20ClN7OS2. The van der Waals surface area contributed by atoms with E-state index >= 15 is 0 Å². The Morgan fingerprint density at radius 3 is 2.53 bits per heavy atom. The van der Waals surface area contributed by atoms with Gasteiger partial charge in [-0.15, -0.1) is 12.4 Å². The number of aromatic amines is 1. The lowest BCUT2D eigenvalue weighted by atomic mass is 9.73. The van der Waals surface area contributed by atoms with Crippen molar-refractivity contribution in [2.45, 2.75) is 12.8 Å². The number of H-pyrrole nitrogens is 1. The van der Waals surface area contributed by atoms with E-state index in [0.717, 1.165) is 52.1 Å². The summed E-state index contributed by atoms with van der Waals surface area (Å²) >= 11 is 3.11. The Hall–Kier alpha value is -2.27. The molecule has 0 atom stereocenters. The number of aromatic nitrogens is 5. The molecule has 2 saturated heterocycles. The third-order valence-corrected chi connectivity index (χ3v) is 7.95. The number of hydrogen-bond acceptors (Lipinski definition) is 9. The van der Waals surface area contributed by atoms with Crippen LogP contribution < -0.4 is 10.2 Å². The van der Waals surface area contributed by atoms with Crippen LogP contribution in [-0.4, -0.2) is 56.4 Å². The molecule has 2 fully saturated rings. The van der Waals surface area contributed by atoms with E-state index in [9.17, 15) is 5.11 Å².